The normalized spacial score (nSPS) is 24.1. The molecule has 2 nitrogen and oxygen atoms in total. The van der Waals surface area contributed by atoms with Crippen molar-refractivity contribution in [3.63, 3.8) is 0 Å². The number of hydrogen-bond donors (Lipinski definition) is 1. The molecular weight excluding hydrogens is 234 g/mol. The first-order valence-electron chi connectivity index (χ1n) is 6.32. The van der Waals surface area contributed by atoms with Gasteiger partial charge in [-0.1, -0.05) is 30.2 Å². The molecule has 0 radical (unpaired) electrons. The summed E-state index contributed by atoms with van der Waals surface area (Å²) < 4.78 is 5.78. The summed E-state index contributed by atoms with van der Waals surface area (Å²) in [5.41, 5.74) is 6.93. The van der Waals surface area contributed by atoms with Crippen LogP contribution in [0.15, 0.2) is 24.3 Å². The van der Waals surface area contributed by atoms with Gasteiger partial charge >= 0.3 is 0 Å². The minimum Gasteiger partial charge on any atom is -0.376 e. The van der Waals surface area contributed by atoms with E-state index >= 15 is 0 Å². The van der Waals surface area contributed by atoms with Gasteiger partial charge in [-0.05, 0) is 48.9 Å². The van der Waals surface area contributed by atoms with Crippen LogP contribution in [-0.4, -0.2) is 13.2 Å². The SMILES string of the molecule is NCC1CCCC1COCc1ccc(Cl)cc1. The summed E-state index contributed by atoms with van der Waals surface area (Å²) in [5.74, 6) is 1.33. The van der Waals surface area contributed by atoms with Crippen molar-refractivity contribution in [1.82, 2.24) is 0 Å². The Labute approximate surface area is 108 Å². The van der Waals surface area contributed by atoms with E-state index in [-0.39, 0.29) is 0 Å². The molecule has 0 aliphatic heterocycles. The third-order valence-electron chi connectivity index (χ3n) is 3.63. The van der Waals surface area contributed by atoms with Crippen LogP contribution in [0.4, 0.5) is 0 Å². The molecule has 1 saturated carbocycles. The Kier molecular flexibility index (Phi) is 4.84. The highest BCUT2D eigenvalue weighted by Crippen LogP contribution is 2.31. The number of ether oxygens (including phenoxy) is 1. The molecule has 1 fully saturated rings. The highest BCUT2D eigenvalue weighted by atomic mass is 35.5. The summed E-state index contributed by atoms with van der Waals surface area (Å²) in [6, 6.07) is 7.83. The van der Waals surface area contributed by atoms with Crippen LogP contribution < -0.4 is 5.73 Å². The van der Waals surface area contributed by atoms with Gasteiger partial charge in [0.25, 0.3) is 0 Å². The monoisotopic (exact) mass is 253 g/mol. The van der Waals surface area contributed by atoms with Crippen LogP contribution in [0.3, 0.4) is 0 Å². The smallest absolute Gasteiger partial charge is 0.0717 e. The Morgan fingerprint density at radius 3 is 2.59 bits per heavy atom. The third kappa shape index (κ3) is 3.70. The fraction of sp³-hybridized carbons (Fsp3) is 0.571. The van der Waals surface area contributed by atoms with Crippen LogP contribution in [0, 0.1) is 11.8 Å². The van der Waals surface area contributed by atoms with E-state index < -0.39 is 0 Å². The molecule has 2 atom stereocenters. The summed E-state index contributed by atoms with van der Waals surface area (Å²) in [4.78, 5) is 0. The summed E-state index contributed by atoms with van der Waals surface area (Å²) in [5, 5.41) is 0.771. The van der Waals surface area contributed by atoms with Gasteiger partial charge < -0.3 is 10.5 Å². The lowest BCUT2D eigenvalue weighted by Crippen LogP contribution is -2.22. The molecule has 0 aromatic heterocycles. The molecule has 1 aliphatic carbocycles. The lowest BCUT2D eigenvalue weighted by Gasteiger charge is -2.17. The zero-order chi connectivity index (χ0) is 12.1. The van der Waals surface area contributed by atoms with Crippen molar-refractivity contribution < 1.29 is 4.74 Å². The van der Waals surface area contributed by atoms with Crippen LogP contribution in [0.5, 0.6) is 0 Å². The highest BCUT2D eigenvalue weighted by molar-refractivity contribution is 6.30. The molecule has 2 unspecified atom stereocenters. The van der Waals surface area contributed by atoms with Crippen molar-refractivity contribution in [2.24, 2.45) is 17.6 Å². The zero-order valence-electron chi connectivity index (χ0n) is 10.1. The average Bonchev–Trinajstić information content (AvgIpc) is 2.79. The highest BCUT2D eigenvalue weighted by Gasteiger charge is 2.25. The van der Waals surface area contributed by atoms with Crippen molar-refractivity contribution in [1.29, 1.82) is 0 Å². The van der Waals surface area contributed by atoms with E-state index in [1.807, 2.05) is 24.3 Å². The Morgan fingerprint density at radius 1 is 1.18 bits per heavy atom. The first kappa shape index (κ1) is 12.9. The summed E-state index contributed by atoms with van der Waals surface area (Å²) >= 11 is 5.83. The van der Waals surface area contributed by atoms with Crippen LogP contribution in [0.1, 0.15) is 24.8 Å². The minimum atomic E-state index is 0.660. The maximum Gasteiger partial charge on any atom is 0.0717 e. The van der Waals surface area contributed by atoms with E-state index in [0.717, 1.165) is 18.2 Å². The number of halogens is 1. The molecule has 1 aromatic rings. The molecule has 2 rings (SSSR count). The van der Waals surface area contributed by atoms with Gasteiger partial charge in [0, 0.05) is 5.02 Å². The van der Waals surface area contributed by atoms with E-state index in [2.05, 4.69) is 0 Å². The molecule has 2 N–H and O–H groups in total. The molecule has 1 aliphatic rings. The Bertz CT molecular complexity index is 339. The quantitative estimate of drug-likeness (QED) is 0.875. The predicted molar refractivity (Wildman–Crippen MR) is 71.0 cm³/mol. The van der Waals surface area contributed by atoms with Crippen LogP contribution >= 0.6 is 11.6 Å². The molecule has 1 aromatic carbocycles. The molecule has 0 amide bonds. The molecule has 0 spiro atoms. The summed E-state index contributed by atoms with van der Waals surface area (Å²) in [7, 11) is 0. The Morgan fingerprint density at radius 2 is 1.88 bits per heavy atom. The van der Waals surface area contributed by atoms with Gasteiger partial charge in [-0.15, -0.1) is 0 Å². The molecule has 17 heavy (non-hydrogen) atoms. The van der Waals surface area contributed by atoms with Gasteiger partial charge in [-0.3, -0.25) is 0 Å². The Balaban J connectivity index is 1.74. The van der Waals surface area contributed by atoms with Gasteiger partial charge in [0.1, 0.15) is 0 Å². The second-order valence-corrected chi connectivity index (χ2v) is 5.26. The van der Waals surface area contributed by atoms with Gasteiger partial charge in [-0.2, -0.15) is 0 Å². The molecule has 0 saturated heterocycles. The first-order chi connectivity index (χ1) is 8.29. The topological polar surface area (TPSA) is 35.2 Å². The van der Waals surface area contributed by atoms with Crippen LogP contribution in [0.2, 0.25) is 5.02 Å². The van der Waals surface area contributed by atoms with E-state index in [4.69, 9.17) is 22.1 Å². The number of rotatable bonds is 5. The largest absolute Gasteiger partial charge is 0.376 e. The van der Waals surface area contributed by atoms with E-state index in [1.54, 1.807) is 0 Å². The second kappa shape index (κ2) is 6.39. The number of benzene rings is 1. The summed E-state index contributed by atoms with van der Waals surface area (Å²) in [6.07, 6.45) is 3.84. The van der Waals surface area contributed by atoms with Crippen molar-refractivity contribution in [3.8, 4) is 0 Å². The van der Waals surface area contributed by atoms with Crippen molar-refractivity contribution in [3.05, 3.63) is 34.9 Å². The van der Waals surface area contributed by atoms with Crippen LogP contribution in [0.25, 0.3) is 0 Å². The van der Waals surface area contributed by atoms with Gasteiger partial charge in [0.15, 0.2) is 0 Å². The van der Waals surface area contributed by atoms with E-state index in [9.17, 15) is 0 Å². The standard InChI is InChI=1S/C14H20ClNO/c15-14-6-4-11(5-7-14)9-17-10-13-3-1-2-12(13)8-16/h4-7,12-13H,1-3,8-10,16H2. The Hall–Kier alpha value is -0.570. The second-order valence-electron chi connectivity index (χ2n) is 4.83. The predicted octanol–water partition coefficient (Wildman–Crippen LogP) is 3.23. The molecule has 94 valence electrons. The molecule has 0 bridgehead atoms. The fourth-order valence-electron chi connectivity index (χ4n) is 2.55. The van der Waals surface area contributed by atoms with Crippen LogP contribution in [-0.2, 0) is 11.3 Å². The maximum atomic E-state index is 5.83. The van der Waals surface area contributed by atoms with Crippen molar-refractivity contribution in [2.45, 2.75) is 25.9 Å². The minimum absolute atomic E-state index is 0.660. The molecular formula is C14H20ClNO. The maximum absolute atomic E-state index is 5.83. The molecule has 3 heteroatoms. The first-order valence-corrected chi connectivity index (χ1v) is 6.69. The number of nitrogens with two attached hydrogens (primary N) is 1. The van der Waals surface area contributed by atoms with Gasteiger partial charge in [0.2, 0.25) is 0 Å². The average molecular weight is 254 g/mol. The zero-order valence-corrected chi connectivity index (χ0v) is 10.8. The molecule has 0 heterocycles. The van der Waals surface area contributed by atoms with Gasteiger partial charge in [-0.25, -0.2) is 0 Å². The number of hydrogen-bond acceptors (Lipinski definition) is 2. The summed E-state index contributed by atoms with van der Waals surface area (Å²) in [6.45, 7) is 2.31. The van der Waals surface area contributed by atoms with E-state index in [0.29, 0.717) is 18.4 Å². The third-order valence-corrected chi connectivity index (χ3v) is 3.89. The van der Waals surface area contributed by atoms with E-state index in [1.165, 1.54) is 24.8 Å². The van der Waals surface area contributed by atoms with Crippen molar-refractivity contribution >= 4 is 11.6 Å². The lowest BCUT2D eigenvalue weighted by atomic mass is 9.97. The fourth-order valence-corrected chi connectivity index (χ4v) is 2.68. The van der Waals surface area contributed by atoms with Crippen molar-refractivity contribution in [2.75, 3.05) is 13.2 Å². The van der Waals surface area contributed by atoms with Gasteiger partial charge in [0.05, 0.1) is 13.2 Å². The lowest BCUT2D eigenvalue weighted by molar-refractivity contribution is 0.0753.